The van der Waals surface area contributed by atoms with Crippen LogP contribution in [0.5, 0.6) is 0 Å². The van der Waals surface area contributed by atoms with Crippen LogP contribution in [0.15, 0.2) is 47.4 Å². The molecule has 2 rings (SSSR count). The van der Waals surface area contributed by atoms with E-state index in [0.29, 0.717) is 15.7 Å². The van der Waals surface area contributed by atoms with Crippen molar-refractivity contribution in [2.45, 2.75) is 24.8 Å². The summed E-state index contributed by atoms with van der Waals surface area (Å²) in [5, 5.41) is 3.24. The molecule has 0 heterocycles. The summed E-state index contributed by atoms with van der Waals surface area (Å²) < 4.78 is 26.9. The van der Waals surface area contributed by atoms with Crippen molar-refractivity contribution in [3.63, 3.8) is 0 Å². The molecule has 1 atom stereocenters. The van der Waals surface area contributed by atoms with Gasteiger partial charge in [0.05, 0.1) is 21.0 Å². The largest absolute Gasteiger partial charge is 0.325 e. The number of amides is 1. The zero-order valence-electron chi connectivity index (χ0n) is 13.0. The predicted molar refractivity (Wildman–Crippen MR) is 96.1 cm³/mol. The quantitative estimate of drug-likeness (QED) is 0.823. The Morgan fingerprint density at radius 2 is 1.67 bits per heavy atom. The Morgan fingerprint density at radius 1 is 1.04 bits per heavy atom. The summed E-state index contributed by atoms with van der Waals surface area (Å²) in [5.41, 5.74) is 1.37. The highest BCUT2D eigenvalue weighted by molar-refractivity contribution is 7.89. The fourth-order valence-corrected chi connectivity index (χ4v) is 3.40. The number of carbonyl (C=O) groups excluding carboxylic acids is 1. The first-order chi connectivity index (χ1) is 11.2. The van der Waals surface area contributed by atoms with Crippen molar-refractivity contribution in [3.05, 3.63) is 58.1 Å². The highest BCUT2D eigenvalue weighted by Gasteiger charge is 2.22. The second kappa shape index (κ2) is 7.53. The van der Waals surface area contributed by atoms with Crippen LogP contribution in [0.4, 0.5) is 5.69 Å². The first-order valence-corrected chi connectivity index (χ1v) is 9.28. The second-order valence-corrected chi connectivity index (χ2v) is 7.80. The SMILES string of the molecule is Cc1ccc(S(=O)(=O)N[C@@H](C)C(=O)Nc2ccc(Cl)c(Cl)c2)cc1. The van der Waals surface area contributed by atoms with Crippen molar-refractivity contribution in [2.24, 2.45) is 0 Å². The lowest BCUT2D eigenvalue weighted by molar-refractivity contribution is -0.117. The number of halogens is 2. The Morgan fingerprint density at radius 3 is 2.25 bits per heavy atom. The molecular formula is C16H16Cl2N2O3S. The van der Waals surface area contributed by atoms with Crippen molar-refractivity contribution >= 4 is 44.8 Å². The molecule has 0 fully saturated rings. The van der Waals surface area contributed by atoms with Gasteiger partial charge in [0.1, 0.15) is 0 Å². The Kier molecular flexibility index (Phi) is 5.87. The molecular weight excluding hydrogens is 371 g/mol. The molecule has 8 heteroatoms. The molecule has 5 nitrogen and oxygen atoms in total. The minimum atomic E-state index is -3.79. The van der Waals surface area contributed by atoms with Gasteiger partial charge in [-0.1, -0.05) is 40.9 Å². The Balaban J connectivity index is 2.07. The Labute approximate surface area is 151 Å². The van der Waals surface area contributed by atoms with E-state index in [0.717, 1.165) is 5.56 Å². The number of anilines is 1. The molecule has 0 aliphatic rings. The monoisotopic (exact) mass is 386 g/mol. The van der Waals surface area contributed by atoms with Gasteiger partial charge in [-0.3, -0.25) is 4.79 Å². The van der Waals surface area contributed by atoms with Crippen molar-refractivity contribution < 1.29 is 13.2 Å². The highest BCUT2D eigenvalue weighted by atomic mass is 35.5. The van der Waals surface area contributed by atoms with Crippen LogP contribution in [0.25, 0.3) is 0 Å². The summed E-state index contributed by atoms with van der Waals surface area (Å²) in [6, 6.07) is 9.99. The van der Waals surface area contributed by atoms with E-state index in [1.54, 1.807) is 24.3 Å². The predicted octanol–water partition coefficient (Wildman–Crippen LogP) is 3.61. The lowest BCUT2D eigenvalue weighted by atomic mass is 10.2. The molecule has 2 N–H and O–H groups in total. The zero-order chi connectivity index (χ0) is 17.9. The molecule has 0 aromatic heterocycles. The fraction of sp³-hybridized carbons (Fsp3) is 0.188. The summed E-state index contributed by atoms with van der Waals surface area (Å²) >= 11 is 11.7. The summed E-state index contributed by atoms with van der Waals surface area (Å²) in [7, 11) is -3.79. The third-order valence-corrected chi connectivity index (χ3v) is 5.54. The molecule has 0 radical (unpaired) electrons. The third kappa shape index (κ3) is 4.70. The molecule has 0 bridgehead atoms. The molecule has 0 saturated carbocycles. The first kappa shape index (κ1) is 18.7. The zero-order valence-corrected chi connectivity index (χ0v) is 15.3. The maximum atomic E-state index is 12.3. The van der Waals surface area contributed by atoms with Crippen LogP contribution in [0, 0.1) is 6.92 Å². The van der Waals surface area contributed by atoms with Crippen LogP contribution in [0.3, 0.4) is 0 Å². The number of hydrogen-bond donors (Lipinski definition) is 2. The topological polar surface area (TPSA) is 75.3 Å². The number of rotatable bonds is 5. The number of hydrogen-bond acceptors (Lipinski definition) is 3. The number of sulfonamides is 1. The van der Waals surface area contributed by atoms with E-state index >= 15 is 0 Å². The molecule has 24 heavy (non-hydrogen) atoms. The molecule has 0 aliphatic carbocycles. The smallest absolute Gasteiger partial charge is 0.242 e. The van der Waals surface area contributed by atoms with Crippen molar-refractivity contribution in [3.8, 4) is 0 Å². The summed E-state index contributed by atoms with van der Waals surface area (Å²) in [6.07, 6.45) is 0. The van der Waals surface area contributed by atoms with E-state index in [2.05, 4.69) is 10.0 Å². The van der Waals surface area contributed by atoms with Gasteiger partial charge in [0.25, 0.3) is 0 Å². The third-order valence-electron chi connectivity index (χ3n) is 3.24. The Bertz CT molecular complexity index is 852. The number of benzene rings is 2. The lowest BCUT2D eigenvalue weighted by Gasteiger charge is -2.15. The lowest BCUT2D eigenvalue weighted by Crippen LogP contribution is -2.41. The molecule has 2 aromatic carbocycles. The van der Waals surface area contributed by atoms with E-state index in [-0.39, 0.29) is 4.90 Å². The van der Waals surface area contributed by atoms with Gasteiger partial charge in [0.15, 0.2) is 0 Å². The molecule has 0 unspecified atom stereocenters. The van der Waals surface area contributed by atoms with Gasteiger partial charge in [0.2, 0.25) is 15.9 Å². The average Bonchev–Trinajstić information content (AvgIpc) is 2.51. The second-order valence-electron chi connectivity index (χ2n) is 5.27. The summed E-state index contributed by atoms with van der Waals surface area (Å²) in [6.45, 7) is 3.32. The first-order valence-electron chi connectivity index (χ1n) is 7.04. The average molecular weight is 387 g/mol. The van der Waals surface area contributed by atoms with E-state index in [4.69, 9.17) is 23.2 Å². The van der Waals surface area contributed by atoms with Crippen molar-refractivity contribution in [2.75, 3.05) is 5.32 Å². The van der Waals surface area contributed by atoms with Crippen LogP contribution in [0.2, 0.25) is 10.0 Å². The molecule has 128 valence electrons. The van der Waals surface area contributed by atoms with Crippen LogP contribution in [0.1, 0.15) is 12.5 Å². The number of nitrogens with one attached hydrogen (secondary N) is 2. The normalized spacial score (nSPS) is 12.7. The standard InChI is InChI=1S/C16H16Cl2N2O3S/c1-10-3-6-13(7-4-10)24(22,23)20-11(2)16(21)19-12-5-8-14(17)15(18)9-12/h3-9,11,20H,1-2H3,(H,19,21)/t11-/m0/s1. The molecule has 0 spiro atoms. The number of aryl methyl sites for hydroxylation is 1. The Hall–Kier alpha value is -1.60. The molecule has 2 aromatic rings. The molecule has 0 saturated heterocycles. The van der Waals surface area contributed by atoms with Gasteiger partial charge in [-0.15, -0.1) is 0 Å². The summed E-state index contributed by atoms with van der Waals surface area (Å²) in [4.78, 5) is 12.3. The van der Waals surface area contributed by atoms with Gasteiger partial charge < -0.3 is 5.32 Å². The molecule has 1 amide bonds. The van der Waals surface area contributed by atoms with Crippen LogP contribution < -0.4 is 10.0 Å². The van der Waals surface area contributed by atoms with E-state index < -0.39 is 22.0 Å². The maximum absolute atomic E-state index is 12.3. The van der Waals surface area contributed by atoms with E-state index in [1.165, 1.54) is 25.1 Å². The van der Waals surface area contributed by atoms with Crippen molar-refractivity contribution in [1.82, 2.24) is 4.72 Å². The summed E-state index contributed by atoms with van der Waals surface area (Å²) in [5.74, 6) is -0.510. The van der Waals surface area contributed by atoms with Crippen LogP contribution >= 0.6 is 23.2 Å². The maximum Gasteiger partial charge on any atom is 0.242 e. The van der Waals surface area contributed by atoms with Gasteiger partial charge >= 0.3 is 0 Å². The van der Waals surface area contributed by atoms with E-state index in [1.807, 2.05) is 6.92 Å². The van der Waals surface area contributed by atoms with Gasteiger partial charge in [-0.25, -0.2) is 8.42 Å². The van der Waals surface area contributed by atoms with Crippen molar-refractivity contribution in [1.29, 1.82) is 0 Å². The van der Waals surface area contributed by atoms with E-state index in [9.17, 15) is 13.2 Å². The minimum absolute atomic E-state index is 0.0993. The van der Waals surface area contributed by atoms with Crippen LogP contribution in [-0.4, -0.2) is 20.4 Å². The van der Waals surface area contributed by atoms with Gasteiger partial charge in [0, 0.05) is 5.69 Å². The molecule has 0 aliphatic heterocycles. The van der Waals surface area contributed by atoms with Gasteiger partial charge in [-0.2, -0.15) is 4.72 Å². The van der Waals surface area contributed by atoms with Crippen LogP contribution in [-0.2, 0) is 14.8 Å². The van der Waals surface area contributed by atoms with Gasteiger partial charge in [-0.05, 0) is 44.2 Å². The number of carbonyl (C=O) groups is 1. The minimum Gasteiger partial charge on any atom is -0.325 e. The fourth-order valence-electron chi connectivity index (χ4n) is 1.90. The highest BCUT2D eigenvalue weighted by Crippen LogP contribution is 2.25.